The quantitative estimate of drug-likeness (QED) is 0.742. The van der Waals surface area contributed by atoms with Crippen molar-refractivity contribution in [3.8, 4) is 0 Å². The average molecular weight is 401 g/mol. The minimum Gasteiger partial charge on any atom is -0.341 e. The number of piperidine rings is 1. The normalized spacial score (nSPS) is 14.7. The second-order valence-corrected chi connectivity index (χ2v) is 9.11. The Kier molecular flexibility index (Phi) is 6.39. The molecule has 1 aliphatic rings. The van der Waals surface area contributed by atoms with Crippen LogP contribution in [0.15, 0.2) is 53.4 Å². The first-order valence-electron chi connectivity index (χ1n) is 9.88. The highest BCUT2D eigenvalue weighted by Gasteiger charge is 2.30. The lowest BCUT2D eigenvalue weighted by molar-refractivity contribution is -0.130. The Morgan fingerprint density at radius 2 is 1.64 bits per heavy atom. The molecule has 1 saturated heterocycles. The molecule has 150 valence electrons. The molecule has 0 aromatic heterocycles. The Hall–Kier alpha value is -2.34. The standard InChI is InChI=1S/C22H28N2O3S/c1-3-19-9-5-6-10-21(19)24(17-22(25)23-15-7-4-8-16-23)28(26,27)20-13-11-18(2)12-14-20/h5-6,9-14H,3-4,7-8,15-17H2,1-2H3. The fraction of sp³-hybridized carbons (Fsp3) is 0.409. The van der Waals surface area contributed by atoms with Crippen LogP contribution in [0, 0.1) is 6.92 Å². The first kappa shape index (κ1) is 20.4. The number of carbonyl (C=O) groups excluding carboxylic acids is 1. The molecule has 0 N–H and O–H groups in total. The highest BCUT2D eigenvalue weighted by atomic mass is 32.2. The Balaban J connectivity index is 2.01. The van der Waals surface area contributed by atoms with E-state index in [9.17, 15) is 13.2 Å². The number of likely N-dealkylation sites (tertiary alicyclic amines) is 1. The highest BCUT2D eigenvalue weighted by Crippen LogP contribution is 2.28. The van der Waals surface area contributed by atoms with Crippen LogP contribution in [0.3, 0.4) is 0 Å². The number of hydrogen-bond acceptors (Lipinski definition) is 3. The van der Waals surface area contributed by atoms with Crippen LogP contribution in [0.4, 0.5) is 5.69 Å². The van der Waals surface area contributed by atoms with E-state index < -0.39 is 10.0 Å². The fourth-order valence-electron chi connectivity index (χ4n) is 3.56. The van der Waals surface area contributed by atoms with Gasteiger partial charge in [0, 0.05) is 13.1 Å². The molecular weight excluding hydrogens is 372 g/mol. The smallest absolute Gasteiger partial charge is 0.264 e. The largest absolute Gasteiger partial charge is 0.341 e. The molecule has 0 bridgehead atoms. The van der Waals surface area contributed by atoms with Crippen LogP contribution in [0.5, 0.6) is 0 Å². The van der Waals surface area contributed by atoms with Crippen LogP contribution in [0.2, 0.25) is 0 Å². The summed E-state index contributed by atoms with van der Waals surface area (Å²) in [5.74, 6) is -0.138. The number of benzene rings is 2. The summed E-state index contributed by atoms with van der Waals surface area (Å²) in [7, 11) is -3.85. The van der Waals surface area contributed by atoms with Crippen molar-refractivity contribution in [2.24, 2.45) is 0 Å². The molecular formula is C22H28N2O3S. The molecule has 0 aliphatic carbocycles. The lowest BCUT2D eigenvalue weighted by Gasteiger charge is -2.31. The lowest BCUT2D eigenvalue weighted by atomic mass is 10.1. The number of hydrogen-bond donors (Lipinski definition) is 0. The number of carbonyl (C=O) groups is 1. The maximum atomic E-state index is 13.5. The van der Waals surface area contributed by atoms with Gasteiger partial charge in [0.05, 0.1) is 10.6 Å². The van der Waals surface area contributed by atoms with Gasteiger partial charge in [0.15, 0.2) is 0 Å². The van der Waals surface area contributed by atoms with Crippen LogP contribution in [0.1, 0.15) is 37.3 Å². The third-order valence-corrected chi connectivity index (χ3v) is 7.01. The lowest BCUT2D eigenvalue weighted by Crippen LogP contribution is -2.45. The predicted molar refractivity (Wildman–Crippen MR) is 112 cm³/mol. The molecule has 1 heterocycles. The van der Waals surface area contributed by atoms with Gasteiger partial charge >= 0.3 is 0 Å². The van der Waals surface area contributed by atoms with E-state index in [2.05, 4.69) is 0 Å². The minimum atomic E-state index is -3.85. The van der Waals surface area contributed by atoms with Crippen molar-refractivity contribution in [1.29, 1.82) is 0 Å². The molecule has 0 unspecified atom stereocenters. The van der Waals surface area contributed by atoms with Gasteiger partial charge in [-0.25, -0.2) is 8.42 Å². The van der Waals surface area contributed by atoms with E-state index in [1.54, 1.807) is 35.2 Å². The molecule has 1 aliphatic heterocycles. The van der Waals surface area contributed by atoms with Crippen molar-refractivity contribution in [3.05, 3.63) is 59.7 Å². The number of aryl methyl sites for hydroxylation is 2. The van der Waals surface area contributed by atoms with Crippen LogP contribution < -0.4 is 4.31 Å². The number of sulfonamides is 1. The molecule has 28 heavy (non-hydrogen) atoms. The van der Waals surface area contributed by atoms with Crippen LogP contribution in [-0.4, -0.2) is 38.9 Å². The van der Waals surface area contributed by atoms with E-state index in [0.717, 1.165) is 30.4 Å². The summed E-state index contributed by atoms with van der Waals surface area (Å²) < 4.78 is 28.3. The number of anilines is 1. The molecule has 0 radical (unpaired) electrons. The molecule has 2 aromatic rings. The first-order valence-corrected chi connectivity index (χ1v) is 11.3. The summed E-state index contributed by atoms with van der Waals surface area (Å²) in [6, 6.07) is 14.2. The molecule has 1 fully saturated rings. The van der Waals surface area contributed by atoms with Gasteiger partial charge in [-0.2, -0.15) is 0 Å². The van der Waals surface area contributed by atoms with Crippen LogP contribution in [0.25, 0.3) is 0 Å². The van der Waals surface area contributed by atoms with Gasteiger partial charge < -0.3 is 4.90 Å². The molecule has 2 aromatic carbocycles. The Labute approximate surface area is 168 Å². The first-order chi connectivity index (χ1) is 13.4. The van der Waals surface area contributed by atoms with E-state index in [1.807, 2.05) is 32.0 Å². The molecule has 1 amide bonds. The zero-order valence-electron chi connectivity index (χ0n) is 16.6. The zero-order valence-corrected chi connectivity index (χ0v) is 17.4. The van der Waals surface area contributed by atoms with Crippen molar-refractivity contribution < 1.29 is 13.2 Å². The van der Waals surface area contributed by atoms with Gasteiger partial charge in [-0.1, -0.05) is 42.8 Å². The van der Waals surface area contributed by atoms with Crippen molar-refractivity contribution in [2.75, 3.05) is 23.9 Å². The summed E-state index contributed by atoms with van der Waals surface area (Å²) in [6.07, 6.45) is 3.76. The summed E-state index contributed by atoms with van der Waals surface area (Å²) in [5, 5.41) is 0. The second kappa shape index (κ2) is 8.78. The molecule has 5 nitrogen and oxygen atoms in total. The van der Waals surface area contributed by atoms with Crippen LogP contribution >= 0.6 is 0 Å². The van der Waals surface area contributed by atoms with Crippen LogP contribution in [-0.2, 0) is 21.2 Å². The van der Waals surface area contributed by atoms with Gasteiger partial charge in [-0.05, 0) is 56.4 Å². The van der Waals surface area contributed by atoms with Crippen molar-refractivity contribution in [1.82, 2.24) is 4.90 Å². The molecule has 3 rings (SSSR count). The van der Waals surface area contributed by atoms with Crippen molar-refractivity contribution in [2.45, 2.75) is 44.4 Å². The van der Waals surface area contributed by atoms with Crippen molar-refractivity contribution in [3.63, 3.8) is 0 Å². The summed E-state index contributed by atoms with van der Waals surface area (Å²) in [5.41, 5.74) is 2.48. The monoisotopic (exact) mass is 400 g/mol. The topological polar surface area (TPSA) is 57.7 Å². The highest BCUT2D eigenvalue weighted by molar-refractivity contribution is 7.92. The summed E-state index contributed by atoms with van der Waals surface area (Å²) in [4.78, 5) is 14.9. The summed E-state index contributed by atoms with van der Waals surface area (Å²) in [6.45, 7) is 5.13. The second-order valence-electron chi connectivity index (χ2n) is 7.25. The van der Waals surface area contributed by atoms with Gasteiger partial charge in [0.25, 0.3) is 10.0 Å². The molecule has 0 saturated carbocycles. The van der Waals surface area contributed by atoms with E-state index in [4.69, 9.17) is 0 Å². The average Bonchev–Trinajstić information content (AvgIpc) is 2.72. The number of rotatable bonds is 6. The van der Waals surface area contributed by atoms with Gasteiger partial charge in [0.2, 0.25) is 5.91 Å². The Morgan fingerprint density at radius 3 is 2.29 bits per heavy atom. The maximum absolute atomic E-state index is 13.5. The number of amides is 1. The molecule has 0 atom stereocenters. The number of nitrogens with zero attached hydrogens (tertiary/aromatic N) is 2. The summed E-state index contributed by atoms with van der Waals surface area (Å²) >= 11 is 0. The Morgan fingerprint density at radius 1 is 1.00 bits per heavy atom. The van der Waals surface area contributed by atoms with E-state index >= 15 is 0 Å². The molecule has 6 heteroatoms. The Bertz CT molecular complexity index is 917. The predicted octanol–water partition coefficient (Wildman–Crippen LogP) is 3.77. The van der Waals surface area contributed by atoms with Gasteiger partial charge in [-0.15, -0.1) is 0 Å². The van der Waals surface area contributed by atoms with Crippen molar-refractivity contribution >= 4 is 21.6 Å². The third kappa shape index (κ3) is 4.38. The zero-order chi connectivity index (χ0) is 20.1. The SMILES string of the molecule is CCc1ccccc1N(CC(=O)N1CCCCC1)S(=O)(=O)c1ccc(C)cc1. The van der Waals surface area contributed by atoms with E-state index in [0.29, 0.717) is 25.2 Å². The minimum absolute atomic E-state index is 0.138. The van der Waals surface area contributed by atoms with E-state index in [-0.39, 0.29) is 17.3 Å². The number of para-hydroxylation sites is 1. The van der Waals surface area contributed by atoms with Gasteiger partial charge in [-0.3, -0.25) is 9.10 Å². The van der Waals surface area contributed by atoms with Gasteiger partial charge in [0.1, 0.15) is 6.54 Å². The third-order valence-electron chi connectivity index (χ3n) is 5.24. The van der Waals surface area contributed by atoms with E-state index in [1.165, 1.54) is 4.31 Å². The maximum Gasteiger partial charge on any atom is 0.264 e. The fourth-order valence-corrected chi connectivity index (χ4v) is 5.01. The molecule has 0 spiro atoms.